The van der Waals surface area contributed by atoms with E-state index in [0.717, 1.165) is 18.5 Å². The van der Waals surface area contributed by atoms with Gasteiger partial charge in [-0.05, 0) is 45.1 Å². The molecular weight excluding hydrogens is 224 g/mol. The number of hydrogen-bond acceptors (Lipinski definition) is 3. The van der Waals surface area contributed by atoms with Crippen LogP contribution >= 0.6 is 0 Å². The van der Waals surface area contributed by atoms with Crippen molar-refractivity contribution in [1.29, 1.82) is 0 Å². The molecule has 106 valence electrons. The van der Waals surface area contributed by atoms with Crippen LogP contribution in [0.2, 0.25) is 0 Å². The zero-order valence-corrected chi connectivity index (χ0v) is 12.5. The van der Waals surface area contributed by atoms with Crippen molar-refractivity contribution in [1.82, 2.24) is 10.2 Å². The monoisotopic (exact) mass is 254 g/mol. The first-order chi connectivity index (χ1) is 8.67. The van der Waals surface area contributed by atoms with E-state index in [9.17, 15) is 0 Å². The van der Waals surface area contributed by atoms with Crippen LogP contribution in [0.25, 0.3) is 0 Å². The van der Waals surface area contributed by atoms with Crippen molar-refractivity contribution in [2.24, 2.45) is 5.92 Å². The highest BCUT2D eigenvalue weighted by Gasteiger charge is 2.38. The van der Waals surface area contributed by atoms with Gasteiger partial charge in [0.15, 0.2) is 0 Å². The van der Waals surface area contributed by atoms with Crippen molar-refractivity contribution in [2.45, 2.75) is 70.7 Å². The van der Waals surface area contributed by atoms with Crippen molar-refractivity contribution in [3.05, 3.63) is 0 Å². The van der Waals surface area contributed by atoms with Gasteiger partial charge >= 0.3 is 0 Å². The van der Waals surface area contributed by atoms with Crippen LogP contribution in [0.1, 0.15) is 46.5 Å². The molecule has 0 aromatic heterocycles. The molecule has 18 heavy (non-hydrogen) atoms. The number of hydrogen-bond donors (Lipinski definition) is 1. The second kappa shape index (κ2) is 6.36. The maximum Gasteiger partial charge on any atom is 0.0586 e. The quantitative estimate of drug-likeness (QED) is 0.833. The third-order valence-electron chi connectivity index (χ3n) is 5.24. The molecule has 1 N–H and O–H groups in total. The first kappa shape index (κ1) is 14.3. The van der Waals surface area contributed by atoms with Crippen molar-refractivity contribution in [2.75, 3.05) is 20.2 Å². The van der Waals surface area contributed by atoms with E-state index in [1.807, 2.05) is 7.11 Å². The highest BCUT2D eigenvalue weighted by Crippen LogP contribution is 2.33. The molecule has 5 atom stereocenters. The Hall–Kier alpha value is -0.120. The fourth-order valence-corrected chi connectivity index (χ4v) is 3.89. The van der Waals surface area contributed by atoms with E-state index in [4.69, 9.17) is 4.74 Å². The lowest BCUT2D eigenvalue weighted by atomic mass is 9.85. The van der Waals surface area contributed by atoms with Crippen LogP contribution in [-0.2, 0) is 4.74 Å². The lowest BCUT2D eigenvalue weighted by molar-refractivity contribution is 0.0383. The molecule has 0 spiro atoms. The van der Waals surface area contributed by atoms with Crippen molar-refractivity contribution in [3.63, 3.8) is 0 Å². The van der Waals surface area contributed by atoms with Gasteiger partial charge in [0.25, 0.3) is 0 Å². The Morgan fingerprint density at radius 1 is 1.22 bits per heavy atom. The summed E-state index contributed by atoms with van der Waals surface area (Å²) in [4.78, 5) is 2.75. The molecule has 1 aliphatic heterocycles. The summed E-state index contributed by atoms with van der Waals surface area (Å²) in [6.45, 7) is 9.38. The number of methoxy groups -OCH3 is 1. The Kier molecular flexibility index (Phi) is 5.05. The van der Waals surface area contributed by atoms with E-state index >= 15 is 0 Å². The molecule has 0 radical (unpaired) electrons. The van der Waals surface area contributed by atoms with E-state index in [2.05, 4.69) is 31.0 Å². The summed E-state index contributed by atoms with van der Waals surface area (Å²) in [5, 5.41) is 3.64. The van der Waals surface area contributed by atoms with E-state index in [1.165, 1.54) is 32.2 Å². The predicted octanol–water partition coefficient (Wildman–Crippen LogP) is 2.26. The number of nitrogens with one attached hydrogen (secondary N) is 1. The third kappa shape index (κ3) is 2.89. The van der Waals surface area contributed by atoms with Crippen LogP contribution in [0.3, 0.4) is 0 Å². The minimum absolute atomic E-state index is 0.504. The SMILES string of the molecule is CCNC1CCN(C2CCC(OC)C2)C(C)C1C. The van der Waals surface area contributed by atoms with Gasteiger partial charge in [-0.1, -0.05) is 13.8 Å². The summed E-state index contributed by atoms with van der Waals surface area (Å²) < 4.78 is 5.51. The van der Waals surface area contributed by atoms with Crippen LogP contribution in [0, 0.1) is 5.92 Å². The molecule has 5 unspecified atom stereocenters. The topological polar surface area (TPSA) is 24.5 Å². The molecule has 0 aromatic carbocycles. The van der Waals surface area contributed by atoms with E-state index in [-0.39, 0.29) is 0 Å². The third-order valence-corrected chi connectivity index (χ3v) is 5.24. The Morgan fingerprint density at radius 2 is 2.00 bits per heavy atom. The van der Waals surface area contributed by atoms with Crippen molar-refractivity contribution >= 4 is 0 Å². The highest BCUT2D eigenvalue weighted by atomic mass is 16.5. The molecule has 0 bridgehead atoms. The summed E-state index contributed by atoms with van der Waals surface area (Å²) >= 11 is 0. The second-order valence-corrected chi connectivity index (χ2v) is 6.11. The summed E-state index contributed by atoms with van der Waals surface area (Å²) in [7, 11) is 1.86. The molecule has 1 saturated heterocycles. The first-order valence-corrected chi connectivity index (χ1v) is 7.69. The van der Waals surface area contributed by atoms with Crippen LogP contribution < -0.4 is 5.32 Å². The van der Waals surface area contributed by atoms with Crippen LogP contribution in [0.4, 0.5) is 0 Å². The van der Waals surface area contributed by atoms with Crippen LogP contribution in [0.5, 0.6) is 0 Å². The fourth-order valence-electron chi connectivity index (χ4n) is 3.89. The lowest BCUT2D eigenvalue weighted by Crippen LogP contribution is -2.56. The molecule has 1 heterocycles. The zero-order valence-electron chi connectivity index (χ0n) is 12.5. The van der Waals surface area contributed by atoms with Gasteiger partial charge in [-0.25, -0.2) is 0 Å². The lowest BCUT2D eigenvalue weighted by Gasteiger charge is -2.46. The predicted molar refractivity (Wildman–Crippen MR) is 75.8 cm³/mol. The number of likely N-dealkylation sites (tertiary alicyclic amines) is 1. The number of rotatable bonds is 4. The second-order valence-electron chi connectivity index (χ2n) is 6.11. The number of piperidine rings is 1. The minimum atomic E-state index is 0.504. The Bertz CT molecular complexity index is 259. The summed E-state index contributed by atoms with van der Waals surface area (Å²) in [6.07, 6.45) is 5.60. The number of nitrogens with zero attached hydrogens (tertiary/aromatic N) is 1. The van der Waals surface area contributed by atoms with E-state index in [1.54, 1.807) is 0 Å². The van der Waals surface area contributed by atoms with Gasteiger partial charge in [-0.2, -0.15) is 0 Å². The molecule has 1 aliphatic carbocycles. The highest BCUT2D eigenvalue weighted by molar-refractivity contribution is 4.94. The molecule has 0 amide bonds. The van der Waals surface area contributed by atoms with Crippen LogP contribution in [-0.4, -0.2) is 49.3 Å². The maximum atomic E-state index is 5.51. The normalized spacial score (nSPS) is 42.3. The van der Waals surface area contributed by atoms with Crippen LogP contribution in [0.15, 0.2) is 0 Å². The van der Waals surface area contributed by atoms with Gasteiger partial charge in [0.2, 0.25) is 0 Å². The maximum absolute atomic E-state index is 5.51. The summed E-state index contributed by atoms with van der Waals surface area (Å²) in [5.74, 6) is 0.750. The largest absolute Gasteiger partial charge is 0.381 e. The Morgan fingerprint density at radius 3 is 2.61 bits per heavy atom. The Balaban J connectivity index is 1.91. The molecule has 2 rings (SSSR count). The number of ether oxygens (including phenoxy) is 1. The first-order valence-electron chi connectivity index (χ1n) is 7.69. The average molecular weight is 254 g/mol. The summed E-state index contributed by atoms with van der Waals surface area (Å²) in [6, 6.07) is 2.17. The fraction of sp³-hybridized carbons (Fsp3) is 1.00. The molecular formula is C15H30N2O. The van der Waals surface area contributed by atoms with Gasteiger partial charge in [0, 0.05) is 31.8 Å². The molecule has 3 heteroatoms. The molecule has 3 nitrogen and oxygen atoms in total. The molecule has 0 aromatic rings. The molecule has 2 aliphatic rings. The van der Waals surface area contributed by atoms with Gasteiger partial charge in [-0.15, -0.1) is 0 Å². The van der Waals surface area contributed by atoms with Gasteiger partial charge < -0.3 is 10.1 Å². The van der Waals surface area contributed by atoms with Gasteiger partial charge in [-0.3, -0.25) is 4.90 Å². The Labute approximate surface area is 112 Å². The van der Waals surface area contributed by atoms with Crippen molar-refractivity contribution in [3.8, 4) is 0 Å². The molecule has 2 fully saturated rings. The van der Waals surface area contributed by atoms with E-state index < -0.39 is 0 Å². The standard InChI is InChI=1S/C15H30N2O/c1-5-16-15-8-9-17(12(3)11(15)2)13-6-7-14(10-13)18-4/h11-16H,5-10H2,1-4H3. The van der Waals surface area contributed by atoms with Crippen molar-refractivity contribution < 1.29 is 4.74 Å². The van der Waals surface area contributed by atoms with Gasteiger partial charge in [0.1, 0.15) is 0 Å². The zero-order chi connectivity index (χ0) is 13.1. The smallest absolute Gasteiger partial charge is 0.0586 e. The van der Waals surface area contributed by atoms with Gasteiger partial charge in [0.05, 0.1) is 6.10 Å². The average Bonchev–Trinajstić information content (AvgIpc) is 2.84. The molecule has 1 saturated carbocycles. The minimum Gasteiger partial charge on any atom is -0.381 e. The van der Waals surface area contributed by atoms with E-state index in [0.29, 0.717) is 18.2 Å². The summed E-state index contributed by atoms with van der Waals surface area (Å²) in [5.41, 5.74) is 0.